The highest BCUT2D eigenvalue weighted by Gasteiger charge is 2.21. The Labute approximate surface area is 148 Å². The van der Waals surface area contributed by atoms with Gasteiger partial charge in [-0.05, 0) is 35.0 Å². The van der Waals surface area contributed by atoms with Gasteiger partial charge in [0.05, 0.1) is 15.1 Å². The fourth-order valence-electron chi connectivity index (χ4n) is 2.18. The van der Waals surface area contributed by atoms with Gasteiger partial charge in [0.1, 0.15) is 4.90 Å². The Bertz CT molecular complexity index is 1000. The van der Waals surface area contributed by atoms with Crippen molar-refractivity contribution >= 4 is 61.3 Å². The van der Waals surface area contributed by atoms with E-state index < -0.39 is 10.0 Å². The molecule has 0 radical (unpaired) electrons. The second-order valence-corrected chi connectivity index (χ2v) is 7.65. The van der Waals surface area contributed by atoms with Crippen molar-refractivity contribution in [3.05, 3.63) is 69.7 Å². The molecule has 3 rings (SSSR count). The predicted molar refractivity (Wildman–Crippen MR) is 96.2 cm³/mol. The lowest BCUT2D eigenvalue weighted by molar-refractivity contribution is 0.601. The number of nitrogens with one attached hydrogen (secondary N) is 1. The van der Waals surface area contributed by atoms with Crippen LogP contribution < -0.4 is 4.72 Å². The van der Waals surface area contributed by atoms with Gasteiger partial charge in [0, 0.05) is 5.69 Å². The van der Waals surface area contributed by atoms with Crippen LogP contribution in [0, 0.1) is 0 Å². The van der Waals surface area contributed by atoms with E-state index in [1.54, 1.807) is 12.1 Å². The van der Waals surface area contributed by atoms with E-state index in [1.807, 2.05) is 30.3 Å². The summed E-state index contributed by atoms with van der Waals surface area (Å²) in [5, 5.41) is 2.04. The van der Waals surface area contributed by atoms with Gasteiger partial charge in [-0.1, -0.05) is 65.1 Å². The maximum absolute atomic E-state index is 12.5. The average molecular weight is 387 g/mol. The first kappa shape index (κ1) is 16.4. The fraction of sp³-hybridized carbons (Fsp3) is 0. The fourth-order valence-corrected chi connectivity index (χ4v) is 4.21. The maximum atomic E-state index is 12.5. The summed E-state index contributed by atoms with van der Waals surface area (Å²) >= 11 is 17.8. The summed E-state index contributed by atoms with van der Waals surface area (Å²) in [5.41, 5.74) is 0.436. The molecule has 1 N–H and O–H groups in total. The quantitative estimate of drug-likeness (QED) is 0.595. The summed E-state index contributed by atoms with van der Waals surface area (Å²) in [6, 6.07) is 15.6. The van der Waals surface area contributed by atoms with Gasteiger partial charge < -0.3 is 0 Å². The smallest absolute Gasteiger partial charge is 0.263 e. The van der Waals surface area contributed by atoms with Crippen LogP contribution in [0.3, 0.4) is 0 Å². The van der Waals surface area contributed by atoms with Crippen LogP contribution in [0.1, 0.15) is 0 Å². The number of anilines is 1. The van der Waals surface area contributed by atoms with Gasteiger partial charge in [0.25, 0.3) is 10.0 Å². The van der Waals surface area contributed by atoms with Gasteiger partial charge in [0.2, 0.25) is 0 Å². The van der Waals surface area contributed by atoms with E-state index in [4.69, 9.17) is 34.8 Å². The van der Waals surface area contributed by atoms with E-state index in [0.29, 0.717) is 5.69 Å². The first-order valence-corrected chi connectivity index (χ1v) is 9.15. The minimum absolute atomic E-state index is 0.00900. The summed E-state index contributed by atoms with van der Waals surface area (Å²) < 4.78 is 27.5. The molecule has 0 heterocycles. The lowest BCUT2D eigenvalue weighted by Gasteiger charge is -2.11. The Morgan fingerprint density at radius 1 is 0.783 bits per heavy atom. The zero-order valence-corrected chi connectivity index (χ0v) is 14.6. The number of benzene rings is 3. The summed E-state index contributed by atoms with van der Waals surface area (Å²) in [7, 11) is -3.88. The Hall–Kier alpha value is -1.46. The van der Waals surface area contributed by atoms with E-state index in [0.717, 1.165) is 10.8 Å². The molecule has 0 spiro atoms. The summed E-state index contributed by atoms with van der Waals surface area (Å²) in [5.74, 6) is 0. The molecule has 0 aromatic heterocycles. The third-order valence-electron chi connectivity index (χ3n) is 3.29. The van der Waals surface area contributed by atoms with Crippen molar-refractivity contribution in [3.63, 3.8) is 0 Å². The van der Waals surface area contributed by atoms with E-state index in [9.17, 15) is 8.42 Å². The molecule has 0 saturated carbocycles. The van der Waals surface area contributed by atoms with Gasteiger partial charge in [-0.3, -0.25) is 4.72 Å². The monoisotopic (exact) mass is 385 g/mol. The molecule has 23 heavy (non-hydrogen) atoms. The van der Waals surface area contributed by atoms with Gasteiger partial charge >= 0.3 is 0 Å². The van der Waals surface area contributed by atoms with Crippen LogP contribution in [0.25, 0.3) is 10.8 Å². The Balaban J connectivity index is 2.01. The third kappa shape index (κ3) is 3.26. The van der Waals surface area contributed by atoms with Crippen LogP contribution in [-0.2, 0) is 10.0 Å². The Kier molecular flexibility index (Phi) is 4.43. The molecule has 118 valence electrons. The van der Waals surface area contributed by atoms with Crippen LogP contribution in [0.2, 0.25) is 15.1 Å². The van der Waals surface area contributed by atoms with Gasteiger partial charge in [0.15, 0.2) is 0 Å². The standard InChI is InChI=1S/C16H10Cl3NO2S/c17-13-7-8-14(16(19)15(13)18)23(21,22)20-12-6-5-10-3-1-2-4-11(10)9-12/h1-9,20H. The summed E-state index contributed by atoms with van der Waals surface area (Å²) in [4.78, 5) is -0.123. The molecule has 0 bridgehead atoms. The molecule has 3 nitrogen and oxygen atoms in total. The maximum Gasteiger partial charge on any atom is 0.263 e. The highest BCUT2D eigenvalue weighted by molar-refractivity contribution is 7.92. The average Bonchev–Trinajstić information content (AvgIpc) is 2.52. The topological polar surface area (TPSA) is 46.2 Å². The lowest BCUT2D eigenvalue weighted by Crippen LogP contribution is -2.13. The van der Waals surface area contributed by atoms with Crippen LogP contribution in [-0.4, -0.2) is 8.42 Å². The van der Waals surface area contributed by atoms with Crippen LogP contribution in [0.5, 0.6) is 0 Å². The van der Waals surface area contributed by atoms with Crippen molar-refractivity contribution in [3.8, 4) is 0 Å². The molecule has 3 aromatic rings. The van der Waals surface area contributed by atoms with Crippen LogP contribution in [0.15, 0.2) is 59.5 Å². The number of sulfonamides is 1. The van der Waals surface area contributed by atoms with Crippen molar-refractivity contribution in [2.24, 2.45) is 0 Å². The summed E-state index contributed by atoms with van der Waals surface area (Å²) in [6.45, 7) is 0. The van der Waals surface area contributed by atoms with Gasteiger partial charge in [-0.15, -0.1) is 0 Å². The molecular weight excluding hydrogens is 377 g/mol. The van der Waals surface area contributed by atoms with E-state index >= 15 is 0 Å². The van der Waals surface area contributed by atoms with Crippen molar-refractivity contribution in [2.75, 3.05) is 4.72 Å². The number of hydrogen-bond acceptors (Lipinski definition) is 2. The molecular formula is C16H10Cl3NO2S. The number of hydrogen-bond donors (Lipinski definition) is 1. The minimum atomic E-state index is -3.88. The first-order valence-electron chi connectivity index (χ1n) is 6.53. The molecule has 0 aliphatic rings. The van der Waals surface area contributed by atoms with Gasteiger partial charge in [-0.25, -0.2) is 8.42 Å². The molecule has 0 unspecified atom stereocenters. The SMILES string of the molecule is O=S(=O)(Nc1ccc2ccccc2c1)c1ccc(Cl)c(Cl)c1Cl. The van der Waals surface area contributed by atoms with Crippen molar-refractivity contribution in [1.82, 2.24) is 0 Å². The molecule has 0 aliphatic heterocycles. The van der Waals surface area contributed by atoms with Crippen LogP contribution in [0.4, 0.5) is 5.69 Å². The second kappa shape index (κ2) is 6.21. The zero-order valence-electron chi connectivity index (χ0n) is 11.6. The Morgan fingerprint density at radius 3 is 2.22 bits per heavy atom. The molecule has 0 saturated heterocycles. The summed E-state index contributed by atoms with van der Waals surface area (Å²) in [6.07, 6.45) is 0. The Morgan fingerprint density at radius 2 is 1.48 bits per heavy atom. The molecule has 3 aromatic carbocycles. The zero-order chi connectivity index (χ0) is 16.6. The van der Waals surface area contributed by atoms with Crippen LogP contribution >= 0.6 is 34.8 Å². The van der Waals surface area contributed by atoms with E-state index in [-0.39, 0.29) is 20.0 Å². The minimum Gasteiger partial charge on any atom is -0.280 e. The molecule has 0 atom stereocenters. The first-order chi connectivity index (χ1) is 10.9. The van der Waals surface area contributed by atoms with Gasteiger partial charge in [-0.2, -0.15) is 0 Å². The molecule has 0 aliphatic carbocycles. The van der Waals surface area contributed by atoms with Crippen molar-refractivity contribution in [2.45, 2.75) is 4.90 Å². The molecule has 7 heteroatoms. The second-order valence-electron chi connectivity index (χ2n) is 4.84. The third-order valence-corrected chi connectivity index (χ3v) is 6.12. The number of rotatable bonds is 3. The number of halogens is 3. The molecule has 0 amide bonds. The largest absolute Gasteiger partial charge is 0.280 e. The lowest BCUT2D eigenvalue weighted by atomic mass is 10.1. The predicted octanol–water partition coefficient (Wildman–Crippen LogP) is 5.60. The van der Waals surface area contributed by atoms with E-state index in [2.05, 4.69) is 4.72 Å². The highest BCUT2D eigenvalue weighted by atomic mass is 35.5. The van der Waals surface area contributed by atoms with Crippen molar-refractivity contribution < 1.29 is 8.42 Å². The number of fused-ring (bicyclic) bond motifs is 1. The highest BCUT2D eigenvalue weighted by Crippen LogP contribution is 2.35. The van der Waals surface area contributed by atoms with E-state index in [1.165, 1.54) is 12.1 Å². The molecule has 0 fully saturated rings. The van der Waals surface area contributed by atoms with Crippen molar-refractivity contribution in [1.29, 1.82) is 0 Å². The normalized spacial score (nSPS) is 11.6.